The van der Waals surface area contributed by atoms with Crippen LogP contribution in [-0.2, 0) is 19.8 Å². The number of carbonyl (C=O) groups excluding carboxylic acids is 1. The molecule has 0 bridgehead atoms. The number of nitrogens with one attached hydrogen (secondary N) is 1. The molecule has 1 aromatic heterocycles. The number of nitrogens with zero attached hydrogens (tertiary/aromatic N) is 3. The fourth-order valence-electron chi connectivity index (χ4n) is 4.23. The number of hydrogen-bond acceptors (Lipinski definition) is 3. The van der Waals surface area contributed by atoms with Crippen molar-refractivity contribution in [3.8, 4) is 0 Å². The average Bonchev–Trinajstić information content (AvgIpc) is 3.11. The molecule has 2 aromatic carbocycles. The lowest BCUT2D eigenvalue weighted by Gasteiger charge is -2.32. The number of alkyl halides is 3. The van der Waals surface area contributed by atoms with E-state index in [2.05, 4.69) is 46.4 Å². The standard InChI is InChI=1S/C24H27F3N4O/c1-16-3-5-18(6-4-16)15-31-11-9-17(10-12-31)14-28-22(32)19-7-8-21-20(13-19)29-23(30(21)2)24(25,26)27/h3-8,13,17H,9-12,14-15H2,1-2H3,(H,28,32). The number of imidazole rings is 1. The van der Waals surface area contributed by atoms with Crippen molar-refractivity contribution in [2.75, 3.05) is 19.6 Å². The van der Waals surface area contributed by atoms with Gasteiger partial charge in [-0.1, -0.05) is 29.8 Å². The molecule has 32 heavy (non-hydrogen) atoms. The van der Waals surface area contributed by atoms with Crippen LogP contribution in [0.1, 0.15) is 40.2 Å². The lowest BCUT2D eigenvalue weighted by molar-refractivity contribution is -0.146. The van der Waals surface area contributed by atoms with E-state index in [9.17, 15) is 18.0 Å². The first-order valence-corrected chi connectivity index (χ1v) is 10.8. The fourth-order valence-corrected chi connectivity index (χ4v) is 4.23. The van der Waals surface area contributed by atoms with Crippen molar-refractivity contribution in [3.63, 3.8) is 0 Å². The highest BCUT2D eigenvalue weighted by molar-refractivity contribution is 5.97. The van der Waals surface area contributed by atoms with Crippen molar-refractivity contribution in [1.82, 2.24) is 19.8 Å². The van der Waals surface area contributed by atoms with Crippen LogP contribution in [0.4, 0.5) is 13.2 Å². The Morgan fingerprint density at radius 3 is 2.47 bits per heavy atom. The second kappa shape index (κ2) is 8.94. The summed E-state index contributed by atoms with van der Waals surface area (Å²) in [5.41, 5.74) is 3.39. The van der Waals surface area contributed by atoms with Gasteiger partial charge < -0.3 is 9.88 Å². The van der Waals surface area contributed by atoms with Gasteiger partial charge in [0.15, 0.2) is 0 Å². The summed E-state index contributed by atoms with van der Waals surface area (Å²) < 4.78 is 40.2. The van der Waals surface area contributed by atoms with Gasteiger partial charge in [0.05, 0.1) is 11.0 Å². The zero-order chi connectivity index (χ0) is 22.9. The highest BCUT2D eigenvalue weighted by Gasteiger charge is 2.36. The second-order valence-corrected chi connectivity index (χ2v) is 8.61. The summed E-state index contributed by atoms with van der Waals surface area (Å²) in [7, 11) is 1.32. The number of likely N-dealkylation sites (tertiary alicyclic amines) is 1. The molecule has 1 N–H and O–H groups in total. The average molecular weight is 445 g/mol. The molecule has 1 aliphatic heterocycles. The van der Waals surface area contributed by atoms with E-state index < -0.39 is 12.0 Å². The van der Waals surface area contributed by atoms with Crippen LogP contribution in [0.2, 0.25) is 0 Å². The van der Waals surface area contributed by atoms with Crippen molar-refractivity contribution in [2.24, 2.45) is 13.0 Å². The number of aromatic nitrogens is 2. The van der Waals surface area contributed by atoms with Crippen LogP contribution in [0.15, 0.2) is 42.5 Å². The summed E-state index contributed by atoms with van der Waals surface area (Å²) in [6.45, 7) is 5.54. The first kappa shape index (κ1) is 22.3. The number of hydrogen-bond donors (Lipinski definition) is 1. The van der Waals surface area contributed by atoms with Crippen molar-refractivity contribution in [2.45, 2.75) is 32.5 Å². The highest BCUT2D eigenvalue weighted by atomic mass is 19.4. The predicted molar refractivity (Wildman–Crippen MR) is 117 cm³/mol. The molecule has 1 saturated heterocycles. The zero-order valence-electron chi connectivity index (χ0n) is 18.2. The van der Waals surface area contributed by atoms with Gasteiger partial charge in [-0.3, -0.25) is 9.69 Å². The molecule has 0 unspecified atom stereocenters. The van der Waals surface area contributed by atoms with E-state index in [1.807, 2.05) is 0 Å². The highest BCUT2D eigenvalue weighted by Crippen LogP contribution is 2.31. The van der Waals surface area contributed by atoms with Crippen molar-refractivity contribution in [3.05, 3.63) is 65.0 Å². The predicted octanol–water partition coefficient (Wildman–Crippen LogP) is 4.54. The summed E-state index contributed by atoms with van der Waals surface area (Å²) >= 11 is 0. The topological polar surface area (TPSA) is 50.2 Å². The molecular weight excluding hydrogens is 417 g/mol. The molecular formula is C24H27F3N4O. The van der Waals surface area contributed by atoms with E-state index in [-0.39, 0.29) is 11.4 Å². The third kappa shape index (κ3) is 4.96. The molecule has 5 nitrogen and oxygen atoms in total. The largest absolute Gasteiger partial charge is 0.449 e. The van der Waals surface area contributed by atoms with Crippen LogP contribution in [0.5, 0.6) is 0 Å². The summed E-state index contributed by atoms with van der Waals surface area (Å²) in [6.07, 6.45) is -2.54. The summed E-state index contributed by atoms with van der Waals surface area (Å²) in [4.78, 5) is 18.7. The van der Waals surface area contributed by atoms with Crippen molar-refractivity contribution < 1.29 is 18.0 Å². The maximum absolute atomic E-state index is 13.1. The number of piperidine rings is 1. The van der Waals surface area contributed by atoms with E-state index in [0.29, 0.717) is 23.5 Å². The SMILES string of the molecule is Cc1ccc(CN2CCC(CNC(=O)c3ccc4c(c3)nc(C(F)(F)F)n4C)CC2)cc1. The molecule has 1 aliphatic rings. The van der Waals surface area contributed by atoms with Gasteiger partial charge in [0.2, 0.25) is 5.82 Å². The van der Waals surface area contributed by atoms with Gasteiger partial charge in [-0.25, -0.2) is 4.98 Å². The normalized spacial score (nSPS) is 15.9. The van der Waals surface area contributed by atoms with Crippen molar-refractivity contribution in [1.29, 1.82) is 0 Å². The van der Waals surface area contributed by atoms with Gasteiger partial charge in [-0.2, -0.15) is 13.2 Å². The number of carbonyl (C=O) groups is 1. The lowest BCUT2D eigenvalue weighted by atomic mass is 9.96. The number of rotatable bonds is 5. The minimum Gasteiger partial charge on any atom is -0.352 e. The van der Waals surface area contributed by atoms with E-state index in [1.165, 1.54) is 30.3 Å². The summed E-state index contributed by atoms with van der Waals surface area (Å²) in [6, 6.07) is 13.1. The Labute approximate surface area is 185 Å². The smallest absolute Gasteiger partial charge is 0.352 e. The maximum Gasteiger partial charge on any atom is 0.449 e. The Morgan fingerprint density at radius 1 is 1.12 bits per heavy atom. The van der Waals surface area contributed by atoms with Gasteiger partial charge in [0.1, 0.15) is 0 Å². The minimum absolute atomic E-state index is 0.164. The first-order chi connectivity index (χ1) is 15.2. The molecule has 1 fully saturated rings. The first-order valence-electron chi connectivity index (χ1n) is 10.8. The molecule has 0 saturated carbocycles. The van der Waals surface area contributed by atoms with Crippen LogP contribution in [0.3, 0.4) is 0 Å². The monoisotopic (exact) mass is 444 g/mol. The number of aryl methyl sites for hydroxylation is 2. The van der Waals surface area contributed by atoms with Gasteiger partial charge in [-0.15, -0.1) is 0 Å². The second-order valence-electron chi connectivity index (χ2n) is 8.61. The Balaban J connectivity index is 1.30. The Kier molecular flexibility index (Phi) is 6.24. The van der Waals surface area contributed by atoms with Crippen molar-refractivity contribution >= 4 is 16.9 Å². The lowest BCUT2D eigenvalue weighted by Crippen LogP contribution is -2.38. The molecule has 0 atom stereocenters. The number of fused-ring (bicyclic) bond motifs is 1. The fraction of sp³-hybridized carbons (Fsp3) is 0.417. The van der Waals surface area contributed by atoms with E-state index in [0.717, 1.165) is 37.0 Å². The Hall–Kier alpha value is -2.87. The molecule has 4 rings (SSSR count). The molecule has 0 spiro atoms. The zero-order valence-corrected chi connectivity index (χ0v) is 18.2. The summed E-state index contributed by atoms with van der Waals surface area (Å²) in [5, 5.41) is 2.94. The molecule has 0 radical (unpaired) electrons. The molecule has 8 heteroatoms. The Bertz CT molecular complexity index is 1100. The quantitative estimate of drug-likeness (QED) is 0.629. The van der Waals surface area contributed by atoms with Crippen LogP contribution in [-0.4, -0.2) is 40.0 Å². The van der Waals surface area contributed by atoms with E-state index >= 15 is 0 Å². The van der Waals surface area contributed by atoms with Gasteiger partial charge in [0.25, 0.3) is 5.91 Å². The van der Waals surface area contributed by atoms with E-state index in [1.54, 1.807) is 6.07 Å². The maximum atomic E-state index is 13.1. The molecule has 1 amide bonds. The van der Waals surface area contributed by atoms with Crippen LogP contribution in [0.25, 0.3) is 11.0 Å². The molecule has 170 valence electrons. The van der Waals surface area contributed by atoms with Gasteiger partial charge in [0, 0.05) is 25.7 Å². The third-order valence-electron chi connectivity index (χ3n) is 6.18. The van der Waals surface area contributed by atoms with Crippen LogP contribution < -0.4 is 5.32 Å². The molecule has 0 aliphatic carbocycles. The number of amides is 1. The minimum atomic E-state index is -4.54. The van der Waals surface area contributed by atoms with Crippen LogP contribution >= 0.6 is 0 Å². The van der Waals surface area contributed by atoms with Crippen LogP contribution in [0, 0.1) is 12.8 Å². The third-order valence-corrected chi connectivity index (χ3v) is 6.18. The van der Waals surface area contributed by atoms with Gasteiger partial charge in [-0.05, 0) is 62.5 Å². The van der Waals surface area contributed by atoms with Gasteiger partial charge >= 0.3 is 6.18 Å². The molecule has 2 heterocycles. The molecule has 3 aromatic rings. The number of halogens is 3. The summed E-state index contributed by atoms with van der Waals surface area (Å²) in [5.74, 6) is -0.862. The Morgan fingerprint density at radius 2 is 1.81 bits per heavy atom. The number of benzene rings is 2. The van der Waals surface area contributed by atoms with E-state index in [4.69, 9.17) is 0 Å².